The molecule has 0 radical (unpaired) electrons. The number of esters is 1. The first-order chi connectivity index (χ1) is 23.2. The molecule has 1 saturated carbocycles. The standard InChI is InChI=1S/C36H37N3O8S/c1-46-36(41)32(37-31-13-6-5-12-30(31)35(40)28-10-3-2-4-11-28)24-26-18-20-29(21-19-26)47-23-9-22-38(25-27-16-17-27)48(44,45)34-15-8-7-14-33(34)39(42)43/h2-8,10-15,18-21,27,32,37H,9,16-17,22-25H2,1H3/t32-/m0/s1. The molecule has 0 aromatic heterocycles. The molecule has 1 aliphatic rings. The Morgan fingerprint density at radius 3 is 2.29 bits per heavy atom. The number of benzene rings is 4. The number of hydrogen-bond acceptors (Lipinski definition) is 9. The number of carbonyl (C=O) groups is 2. The van der Waals surface area contributed by atoms with Gasteiger partial charge in [0, 0.05) is 42.4 Å². The Labute approximate surface area is 279 Å². The number of nitrogens with one attached hydrogen (secondary N) is 1. The quantitative estimate of drug-likeness (QED) is 0.0477. The van der Waals surface area contributed by atoms with Crippen LogP contribution < -0.4 is 10.1 Å². The molecular formula is C36H37N3O8S. The minimum atomic E-state index is -4.07. The lowest BCUT2D eigenvalue weighted by Gasteiger charge is -2.22. The first-order valence-electron chi connectivity index (χ1n) is 15.7. The van der Waals surface area contributed by atoms with Crippen molar-refractivity contribution in [2.75, 3.05) is 32.1 Å². The Balaban J connectivity index is 1.20. The minimum absolute atomic E-state index is 0.156. The van der Waals surface area contributed by atoms with E-state index in [1.54, 1.807) is 60.7 Å². The molecule has 0 amide bonds. The van der Waals surface area contributed by atoms with Gasteiger partial charge in [0.2, 0.25) is 10.0 Å². The predicted octanol–water partition coefficient (Wildman–Crippen LogP) is 5.89. The molecule has 4 aromatic carbocycles. The van der Waals surface area contributed by atoms with Crippen LogP contribution in [0.4, 0.5) is 11.4 Å². The van der Waals surface area contributed by atoms with E-state index in [9.17, 15) is 28.1 Å². The lowest BCUT2D eigenvalue weighted by molar-refractivity contribution is -0.387. The number of para-hydroxylation sites is 2. The van der Waals surface area contributed by atoms with E-state index in [2.05, 4.69) is 5.32 Å². The maximum Gasteiger partial charge on any atom is 0.328 e. The molecule has 48 heavy (non-hydrogen) atoms. The molecule has 0 bridgehead atoms. The zero-order valence-electron chi connectivity index (χ0n) is 26.5. The minimum Gasteiger partial charge on any atom is -0.494 e. The van der Waals surface area contributed by atoms with E-state index >= 15 is 0 Å². The molecule has 0 aliphatic heterocycles. The van der Waals surface area contributed by atoms with Gasteiger partial charge >= 0.3 is 5.97 Å². The SMILES string of the molecule is COC(=O)[C@H](Cc1ccc(OCCCN(CC2CC2)S(=O)(=O)c2ccccc2[N+](=O)[O-])cc1)Nc1ccccc1C(=O)c1ccccc1. The van der Waals surface area contributed by atoms with Crippen LogP contribution >= 0.6 is 0 Å². The Bertz CT molecular complexity index is 1840. The lowest BCUT2D eigenvalue weighted by Crippen LogP contribution is -2.35. The summed E-state index contributed by atoms with van der Waals surface area (Å²) in [4.78, 5) is 36.5. The molecule has 1 atom stereocenters. The van der Waals surface area contributed by atoms with Gasteiger partial charge in [0.05, 0.1) is 18.6 Å². The van der Waals surface area contributed by atoms with Crippen molar-refractivity contribution in [3.05, 3.63) is 130 Å². The normalized spacial score (nSPS) is 13.5. The van der Waals surface area contributed by atoms with Gasteiger partial charge in [-0.25, -0.2) is 13.2 Å². The highest BCUT2D eigenvalue weighted by Gasteiger charge is 2.35. The second-order valence-corrected chi connectivity index (χ2v) is 13.4. The third kappa shape index (κ3) is 8.64. The Kier molecular flexibility index (Phi) is 11.2. The van der Waals surface area contributed by atoms with Crippen molar-refractivity contribution in [3.63, 3.8) is 0 Å². The van der Waals surface area contributed by atoms with Crippen molar-refractivity contribution in [1.82, 2.24) is 4.31 Å². The highest BCUT2D eigenvalue weighted by Crippen LogP contribution is 2.33. The van der Waals surface area contributed by atoms with E-state index in [1.165, 1.54) is 35.7 Å². The van der Waals surface area contributed by atoms with Gasteiger partial charge < -0.3 is 14.8 Å². The first kappa shape index (κ1) is 34.3. The van der Waals surface area contributed by atoms with Crippen molar-refractivity contribution in [2.45, 2.75) is 36.6 Å². The summed E-state index contributed by atoms with van der Waals surface area (Å²) in [5, 5.41) is 14.7. The zero-order chi connectivity index (χ0) is 34.1. The number of ketones is 1. The highest BCUT2D eigenvalue weighted by molar-refractivity contribution is 7.89. The van der Waals surface area contributed by atoms with E-state index < -0.39 is 32.6 Å². The van der Waals surface area contributed by atoms with Crippen LogP contribution in [0.5, 0.6) is 5.75 Å². The second kappa shape index (κ2) is 15.7. The molecule has 250 valence electrons. The summed E-state index contributed by atoms with van der Waals surface area (Å²) in [6.07, 6.45) is 2.51. The van der Waals surface area contributed by atoms with Crippen LogP contribution in [0, 0.1) is 16.0 Å². The summed E-state index contributed by atoms with van der Waals surface area (Å²) in [5.74, 6) is 0.162. The van der Waals surface area contributed by atoms with E-state index in [-0.39, 0.29) is 36.2 Å². The Morgan fingerprint density at radius 2 is 1.60 bits per heavy atom. The monoisotopic (exact) mass is 671 g/mol. The lowest BCUT2D eigenvalue weighted by atomic mass is 10.00. The van der Waals surface area contributed by atoms with Gasteiger partial charge in [-0.2, -0.15) is 4.31 Å². The maximum atomic E-state index is 13.4. The average molecular weight is 672 g/mol. The molecule has 1 aliphatic carbocycles. The Hall–Kier alpha value is -5.07. The molecule has 0 heterocycles. The van der Waals surface area contributed by atoms with Gasteiger partial charge in [0.1, 0.15) is 11.8 Å². The van der Waals surface area contributed by atoms with Gasteiger partial charge in [-0.3, -0.25) is 14.9 Å². The smallest absolute Gasteiger partial charge is 0.328 e. The number of nitro benzene ring substituents is 1. The van der Waals surface area contributed by atoms with Crippen LogP contribution in [0.2, 0.25) is 0 Å². The van der Waals surface area contributed by atoms with Gasteiger partial charge in [0.15, 0.2) is 10.7 Å². The van der Waals surface area contributed by atoms with Crippen LogP contribution in [-0.4, -0.2) is 62.2 Å². The third-order valence-corrected chi connectivity index (χ3v) is 9.96. The maximum absolute atomic E-state index is 13.4. The van der Waals surface area contributed by atoms with E-state index in [0.717, 1.165) is 18.4 Å². The zero-order valence-corrected chi connectivity index (χ0v) is 27.3. The molecule has 0 spiro atoms. The van der Waals surface area contributed by atoms with Crippen LogP contribution in [-0.2, 0) is 26.0 Å². The molecule has 0 saturated heterocycles. The fourth-order valence-corrected chi connectivity index (χ4v) is 7.04. The summed E-state index contributed by atoms with van der Waals surface area (Å²) < 4.78 is 39.1. The third-order valence-electron chi connectivity index (χ3n) is 8.05. The number of hydrogen-bond donors (Lipinski definition) is 1. The van der Waals surface area contributed by atoms with Crippen molar-refractivity contribution >= 4 is 33.2 Å². The van der Waals surface area contributed by atoms with Crippen molar-refractivity contribution in [3.8, 4) is 5.75 Å². The van der Waals surface area contributed by atoms with Gasteiger partial charge in [0.25, 0.3) is 5.69 Å². The first-order valence-corrected chi connectivity index (χ1v) is 17.1. The second-order valence-electron chi connectivity index (χ2n) is 11.5. The number of methoxy groups -OCH3 is 1. The number of nitro groups is 1. The largest absolute Gasteiger partial charge is 0.494 e. The number of ether oxygens (including phenoxy) is 2. The molecule has 4 aromatic rings. The molecule has 1 N–H and O–H groups in total. The van der Waals surface area contributed by atoms with Gasteiger partial charge in [-0.1, -0.05) is 66.7 Å². The van der Waals surface area contributed by atoms with Crippen LogP contribution in [0.25, 0.3) is 0 Å². The number of sulfonamides is 1. The highest BCUT2D eigenvalue weighted by atomic mass is 32.2. The van der Waals surface area contributed by atoms with Crippen molar-refractivity contribution in [2.24, 2.45) is 5.92 Å². The summed E-state index contributed by atoms with van der Waals surface area (Å²) >= 11 is 0. The van der Waals surface area contributed by atoms with E-state index in [0.29, 0.717) is 35.5 Å². The van der Waals surface area contributed by atoms with Crippen LogP contribution in [0.3, 0.4) is 0 Å². The number of rotatable bonds is 17. The number of anilines is 1. The summed E-state index contributed by atoms with van der Waals surface area (Å²) in [6.45, 7) is 0.693. The van der Waals surface area contributed by atoms with Crippen LogP contribution in [0.15, 0.2) is 108 Å². The van der Waals surface area contributed by atoms with Crippen LogP contribution in [0.1, 0.15) is 40.7 Å². The molecule has 11 nitrogen and oxygen atoms in total. The topological polar surface area (TPSA) is 145 Å². The molecule has 1 fully saturated rings. The van der Waals surface area contributed by atoms with E-state index in [1.807, 2.05) is 18.2 Å². The number of nitrogens with zero attached hydrogens (tertiary/aromatic N) is 2. The molecule has 5 rings (SSSR count). The fraction of sp³-hybridized carbons (Fsp3) is 0.278. The summed E-state index contributed by atoms with van der Waals surface area (Å²) in [7, 11) is -2.76. The molecule has 0 unspecified atom stereocenters. The fourth-order valence-electron chi connectivity index (χ4n) is 5.33. The van der Waals surface area contributed by atoms with Gasteiger partial charge in [-0.05, 0) is 61.1 Å². The van der Waals surface area contributed by atoms with Gasteiger partial charge in [-0.15, -0.1) is 0 Å². The Morgan fingerprint density at radius 1 is 0.938 bits per heavy atom. The predicted molar refractivity (Wildman–Crippen MR) is 181 cm³/mol. The summed E-state index contributed by atoms with van der Waals surface area (Å²) in [5.41, 5.74) is 1.87. The average Bonchev–Trinajstić information content (AvgIpc) is 3.94. The summed E-state index contributed by atoms with van der Waals surface area (Å²) in [6, 6.07) is 27.7. The molecule has 12 heteroatoms. The molecular weight excluding hydrogens is 634 g/mol. The van der Waals surface area contributed by atoms with Crippen molar-refractivity contribution < 1.29 is 32.4 Å². The number of carbonyl (C=O) groups excluding carboxylic acids is 2. The van der Waals surface area contributed by atoms with E-state index in [4.69, 9.17) is 9.47 Å². The van der Waals surface area contributed by atoms with Crippen molar-refractivity contribution in [1.29, 1.82) is 0 Å².